The van der Waals surface area contributed by atoms with Crippen LogP contribution in [0.3, 0.4) is 0 Å². The van der Waals surface area contributed by atoms with Crippen molar-refractivity contribution in [1.29, 1.82) is 0 Å². The maximum atomic E-state index is 14.7. The summed E-state index contributed by atoms with van der Waals surface area (Å²) in [5.74, 6) is -5.71. The molecule has 2 aromatic rings. The molecule has 0 spiro atoms. The van der Waals surface area contributed by atoms with Gasteiger partial charge in [0, 0.05) is 47.2 Å². The summed E-state index contributed by atoms with van der Waals surface area (Å²) in [5, 5.41) is 14.2. The van der Waals surface area contributed by atoms with Gasteiger partial charge in [-0.25, -0.2) is 27.7 Å². The third kappa shape index (κ3) is 7.44. The van der Waals surface area contributed by atoms with Crippen LogP contribution in [0.5, 0.6) is 0 Å². The number of hydrogen-bond donors (Lipinski definition) is 2. The fraction of sp³-hybridized carbons (Fsp3) is 0.440. The second-order valence-electron chi connectivity index (χ2n) is 9.13. The number of thiazole rings is 1. The lowest BCUT2D eigenvalue weighted by atomic mass is 9.93. The number of carboxylic acid groups (broad SMARTS) is 1. The van der Waals surface area contributed by atoms with Gasteiger partial charge in [-0.05, 0) is 24.6 Å². The van der Waals surface area contributed by atoms with Crippen molar-refractivity contribution in [1.82, 2.24) is 15.2 Å². The Labute approximate surface area is 234 Å². The van der Waals surface area contributed by atoms with Gasteiger partial charge in [0.05, 0.1) is 25.3 Å². The highest BCUT2D eigenvalue weighted by Gasteiger charge is 2.42. The number of nitrogens with one attached hydrogen (secondary N) is 1. The lowest BCUT2D eigenvalue weighted by Crippen LogP contribution is -2.50. The zero-order chi connectivity index (χ0) is 28.2. The van der Waals surface area contributed by atoms with E-state index in [1.54, 1.807) is 18.5 Å². The maximum absolute atomic E-state index is 14.7. The monoisotopic (exact) mass is 630 g/mol. The van der Waals surface area contributed by atoms with Gasteiger partial charge in [0.1, 0.15) is 18.5 Å². The molecule has 1 aromatic heterocycles. The largest absolute Gasteiger partial charge is 0.480 e. The Morgan fingerprint density at radius 3 is 2.82 bits per heavy atom. The zero-order valence-electron chi connectivity index (χ0n) is 20.8. The summed E-state index contributed by atoms with van der Waals surface area (Å²) < 4.78 is 54.2. The van der Waals surface area contributed by atoms with E-state index in [0.29, 0.717) is 26.6 Å². The lowest BCUT2D eigenvalue weighted by molar-refractivity contribution is -0.144. The molecule has 14 heteroatoms. The van der Waals surface area contributed by atoms with Crippen molar-refractivity contribution in [2.24, 2.45) is 10.9 Å². The molecule has 0 saturated carbocycles. The van der Waals surface area contributed by atoms with Crippen LogP contribution < -0.4 is 5.32 Å². The van der Waals surface area contributed by atoms with E-state index in [1.807, 2.05) is 0 Å². The first kappa shape index (κ1) is 29.2. The minimum absolute atomic E-state index is 0.0702. The molecule has 1 unspecified atom stereocenters. The first-order valence-electron chi connectivity index (χ1n) is 12.1. The van der Waals surface area contributed by atoms with E-state index >= 15 is 0 Å². The average molecular weight is 631 g/mol. The minimum Gasteiger partial charge on any atom is -0.480 e. The van der Waals surface area contributed by atoms with Gasteiger partial charge in [0.15, 0.2) is 10.8 Å². The SMILES string of the molecule is CCOC(=O)C1=C(CN2CC(COCC(=O)O)CC(F)(F)C2)NC(c2nccs2)=N[C@H]1c1ccc(F)cc1Br. The van der Waals surface area contributed by atoms with Crippen LogP contribution in [0.25, 0.3) is 0 Å². The Morgan fingerprint density at radius 2 is 2.15 bits per heavy atom. The van der Waals surface area contributed by atoms with E-state index < -0.39 is 55.2 Å². The highest BCUT2D eigenvalue weighted by molar-refractivity contribution is 9.10. The minimum atomic E-state index is -3.06. The zero-order valence-corrected chi connectivity index (χ0v) is 23.2. The molecule has 1 fully saturated rings. The first-order chi connectivity index (χ1) is 18.6. The molecule has 4 rings (SSSR count). The number of aliphatic carboxylic acids is 1. The number of likely N-dealkylation sites (tertiary alicyclic amines) is 1. The number of aromatic nitrogens is 1. The smallest absolute Gasteiger partial charge is 0.338 e. The molecule has 2 N–H and O–H groups in total. The summed E-state index contributed by atoms with van der Waals surface area (Å²) in [6.45, 7) is 0.522. The first-order valence-corrected chi connectivity index (χ1v) is 13.7. The number of esters is 1. The van der Waals surface area contributed by atoms with Gasteiger partial charge in [0.2, 0.25) is 0 Å². The molecule has 2 aliphatic rings. The van der Waals surface area contributed by atoms with Gasteiger partial charge >= 0.3 is 11.9 Å². The lowest BCUT2D eigenvalue weighted by Gasteiger charge is -2.39. The summed E-state index contributed by atoms with van der Waals surface area (Å²) in [6, 6.07) is 3.07. The molecule has 0 aliphatic carbocycles. The standard InChI is InChI=1S/C25H26BrF3N4O5S/c1-2-38-24(36)20-18(10-33-9-14(8-25(28,29)13-33)11-37-12-19(34)35)31-22(23-30-5-6-39-23)32-21(20)16-4-3-15(27)7-17(16)26/h3-7,14,21H,2,8-13H2,1H3,(H,31,32)(H,34,35)/t14?,21-/m0/s1. The Hall–Kier alpha value is -2.81. The van der Waals surface area contributed by atoms with Crippen molar-refractivity contribution in [3.05, 3.63) is 61.9 Å². The third-order valence-electron chi connectivity index (χ3n) is 6.03. The number of aliphatic imine (C=N–C) groups is 1. The second-order valence-corrected chi connectivity index (χ2v) is 10.9. The number of hydrogen-bond acceptors (Lipinski definition) is 9. The number of halogens is 4. The molecule has 210 valence electrons. The molecule has 0 amide bonds. The van der Waals surface area contributed by atoms with Gasteiger partial charge < -0.3 is 19.9 Å². The predicted octanol–water partition coefficient (Wildman–Crippen LogP) is 4.01. The van der Waals surface area contributed by atoms with Crippen LogP contribution in [0.15, 0.2) is 50.5 Å². The number of piperidine rings is 1. The van der Waals surface area contributed by atoms with Crippen molar-refractivity contribution in [2.75, 3.05) is 39.5 Å². The molecule has 1 aromatic carbocycles. The molecular formula is C25H26BrF3N4O5S. The average Bonchev–Trinajstić information content (AvgIpc) is 3.38. The van der Waals surface area contributed by atoms with E-state index in [2.05, 4.69) is 26.2 Å². The number of carbonyl (C=O) groups is 2. The molecule has 1 saturated heterocycles. The van der Waals surface area contributed by atoms with E-state index in [0.717, 1.165) is 0 Å². The quantitative estimate of drug-likeness (QED) is 0.379. The van der Waals surface area contributed by atoms with Crippen molar-refractivity contribution >= 4 is 45.0 Å². The molecule has 0 radical (unpaired) electrons. The topological polar surface area (TPSA) is 113 Å². The van der Waals surface area contributed by atoms with Gasteiger partial charge in [-0.1, -0.05) is 22.0 Å². The van der Waals surface area contributed by atoms with Gasteiger partial charge in [-0.2, -0.15) is 0 Å². The van der Waals surface area contributed by atoms with Gasteiger partial charge in [-0.3, -0.25) is 9.89 Å². The maximum Gasteiger partial charge on any atom is 0.338 e. The van der Waals surface area contributed by atoms with E-state index in [9.17, 15) is 22.8 Å². The molecule has 2 aliphatic heterocycles. The number of carbonyl (C=O) groups excluding carboxylic acids is 1. The van der Waals surface area contributed by atoms with Crippen LogP contribution in [0.1, 0.15) is 30.0 Å². The van der Waals surface area contributed by atoms with Crippen LogP contribution >= 0.6 is 27.3 Å². The number of alkyl halides is 2. The van der Waals surface area contributed by atoms with Crippen LogP contribution in [0.4, 0.5) is 13.2 Å². The number of nitrogens with zero attached hydrogens (tertiary/aromatic N) is 3. The van der Waals surface area contributed by atoms with Crippen molar-refractivity contribution in [2.45, 2.75) is 25.3 Å². The third-order valence-corrected chi connectivity index (χ3v) is 7.50. The molecule has 39 heavy (non-hydrogen) atoms. The molecule has 0 bridgehead atoms. The molecule has 2 atom stereocenters. The number of amidine groups is 1. The number of rotatable bonds is 10. The van der Waals surface area contributed by atoms with E-state index in [4.69, 9.17) is 19.6 Å². The van der Waals surface area contributed by atoms with Crippen molar-refractivity contribution < 1.29 is 37.3 Å². The Bertz CT molecular complexity index is 1270. The summed E-state index contributed by atoms with van der Waals surface area (Å²) in [7, 11) is 0. The second kappa shape index (κ2) is 12.6. The highest BCUT2D eigenvalue weighted by atomic mass is 79.9. The number of benzene rings is 1. The molecule has 3 heterocycles. The Morgan fingerprint density at radius 1 is 1.36 bits per heavy atom. The van der Waals surface area contributed by atoms with Gasteiger partial charge in [-0.15, -0.1) is 11.3 Å². The summed E-state index contributed by atoms with van der Waals surface area (Å²) in [4.78, 5) is 34.5. The Kier molecular flexibility index (Phi) is 9.41. The van der Waals surface area contributed by atoms with E-state index in [-0.39, 0.29) is 31.9 Å². The number of ether oxygens (including phenoxy) is 2. The van der Waals surface area contributed by atoms with Gasteiger partial charge in [0.25, 0.3) is 5.92 Å². The Balaban J connectivity index is 1.72. The van der Waals surface area contributed by atoms with Crippen molar-refractivity contribution in [3.8, 4) is 0 Å². The fourth-order valence-electron chi connectivity index (χ4n) is 4.64. The van der Waals surface area contributed by atoms with Crippen LogP contribution in [-0.4, -0.2) is 78.1 Å². The summed E-state index contributed by atoms with van der Waals surface area (Å²) >= 11 is 4.66. The predicted molar refractivity (Wildman–Crippen MR) is 140 cm³/mol. The fourth-order valence-corrected chi connectivity index (χ4v) is 5.80. The van der Waals surface area contributed by atoms with Crippen molar-refractivity contribution in [3.63, 3.8) is 0 Å². The molecular weight excluding hydrogens is 605 g/mol. The van der Waals surface area contributed by atoms with Crippen LogP contribution in [0.2, 0.25) is 0 Å². The summed E-state index contributed by atoms with van der Waals surface area (Å²) in [6.07, 6.45) is 1.14. The van der Waals surface area contributed by atoms with E-state index in [1.165, 1.54) is 34.4 Å². The van der Waals surface area contributed by atoms with Crippen LogP contribution in [0, 0.1) is 11.7 Å². The normalized spacial score (nSPS) is 21.3. The summed E-state index contributed by atoms with van der Waals surface area (Å²) in [5.41, 5.74) is 0.895. The molecule has 9 nitrogen and oxygen atoms in total. The van der Waals surface area contributed by atoms with Crippen LogP contribution in [-0.2, 0) is 19.1 Å². The highest BCUT2D eigenvalue weighted by Crippen LogP contribution is 2.38. The number of carboxylic acids is 1.